The van der Waals surface area contributed by atoms with Gasteiger partial charge in [-0.05, 0) is 43.6 Å². The van der Waals surface area contributed by atoms with Crippen LogP contribution in [0.15, 0.2) is 35.3 Å². The minimum absolute atomic E-state index is 0.405. The van der Waals surface area contributed by atoms with Gasteiger partial charge in [-0.15, -0.1) is 0 Å². The molecule has 2 aliphatic rings. The second-order valence-electron chi connectivity index (χ2n) is 8.09. The SMILES string of the molecule is CC1CCN(C(N)=NCCCOC2CCN(Cc3ccccc3)CC2)CC1. The summed E-state index contributed by atoms with van der Waals surface area (Å²) in [5.74, 6) is 1.54. The maximum Gasteiger partial charge on any atom is 0.191 e. The molecule has 0 radical (unpaired) electrons. The maximum atomic E-state index is 6.13. The molecule has 0 spiro atoms. The van der Waals surface area contributed by atoms with Crippen LogP contribution in [0.1, 0.15) is 44.6 Å². The lowest BCUT2D eigenvalue weighted by Crippen LogP contribution is -2.42. The van der Waals surface area contributed by atoms with Crippen molar-refractivity contribution in [1.29, 1.82) is 0 Å². The van der Waals surface area contributed by atoms with Crippen molar-refractivity contribution in [3.8, 4) is 0 Å². The van der Waals surface area contributed by atoms with Gasteiger partial charge in [0, 0.05) is 45.9 Å². The Balaban J connectivity index is 1.25. The van der Waals surface area contributed by atoms with Crippen molar-refractivity contribution in [3.05, 3.63) is 35.9 Å². The van der Waals surface area contributed by atoms with Crippen LogP contribution in [0.5, 0.6) is 0 Å². The van der Waals surface area contributed by atoms with Gasteiger partial charge < -0.3 is 15.4 Å². The number of likely N-dealkylation sites (tertiary alicyclic amines) is 2. The largest absolute Gasteiger partial charge is 0.378 e. The number of hydrogen-bond acceptors (Lipinski definition) is 3. The predicted octanol–water partition coefficient (Wildman–Crippen LogP) is 3.10. The van der Waals surface area contributed by atoms with Crippen molar-refractivity contribution in [2.45, 2.75) is 51.7 Å². The first kappa shape index (κ1) is 20.2. The van der Waals surface area contributed by atoms with Crippen LogP contribution in [0.2, 0.25) is 0 Å². The van der Waals surface area contributed by atoms with Gasteiger partial charge in [0.05, 0.1) is 6.10 Å². The molecule has 150 valence electrons. The number of rotatable bonds is 7. The second-order valence-corrected chi connectivity index (χ2v) is 8.09. The van der Waals surface area contributed by atoms with Gasteiger partial charge in [-0.3, -0.25) is 9.89 Å². The summed E-state index contributed by atoms with van der Waals surface area (Å²) in [5, 5.41) is 0. The van der Waals surface area contributed by atoms with Gasteiger partial charge in [0.25, 0.3) is 0 Å². The minimum atomic E-state index is 0.405. The summed E-state index contributed by atoms with van der Waals surface area (Å²) < 4.78 is 6.07. The predicted molar refractivity (Wildman–Crippen MR) is 112 cm³/mol. The van der Waals surface area contributed by atoms with Gasteiger partial charge in [-0.2, -0.15) is 0 Å². The number of aliphatic imine (C=N–C) groups is 1. The zero-order valence-electron chi connectivity index (χ0n) is 16.9. The molecule has 3 rings (SSSR count). The third kappa shape index (κ3) is 6.82. The Kier molecular flexibility index (Phi) is 7.96. The molecule has 0 bridgehead atoms. The number of hydrogen-bond donors (Lipinski definition) is 1. The second kappa shape index (κ2) is 10.7. The van der Waals surface area contributed by atoms with E-state index in [4.69, 9.17) is 10.5 Å². The fourth-order valence-electron chi connectivity index (χ4n) is 3.92. The fourth-order valence-corrected chi connectivity index (χ4v) is 3.92. The van der Waals surface area contributed by atoms with E-state index in [0.717, 1.165) is 77.0 Å². The summed E-state index contributed by atoms with van der Waals surface area (Å²) in [6, 6.07) is 10.7. The molecular weight excluding hydrogens is 336 g/mol. The number of nitrogens with two attached hydrogens (primary N) is 1. The molecule has 2 fully saturated rings. The van der Waals surface area contributed by atoms with Crippen LogP contribution in [0.25, 0.3) is 0 Å². The first-order valence-electron chi connectivity index (χ1n) is 10.6. The third-order valence-corrected chi connectivity index (χ3v) is 5.82. The highest BCUT2D eigenvalue weighted by Gasteiger charge is 2.19. The smallest absolute Gasteiger partial charge is 0.191 e. The number of guanidine groups is 1. The lowest BCUT2D eigenvalue weighted by molar-refractivity contribution is 0.00565. The average molecular weight is 373 g/mol. The summed E-state index contributed by atoms with van der Waals surface area (Å²) in [7, 11) is 0. The monoisotopic (exact) mass is 372 g/mol. The van der Waals surface area contributed by atoms with Crippen LogP contribution in [-0.4, -0.2) is 61.2 Å². The summed E-state index contributed by atoms with van der Waals surface area (Å²) in [6.45, 7) is 9.27. The van der Waals surface area contributed by atoms with Crippen molar-refractivity contribution in [3.63, 3.8) is 0 Å². The third-order valence-electron chi connectivity index (χ3n) is 5.82. The fraction of sp³-hybridized carbons (Fsp3) is 0.682. The van der Waals surface area contributed by atoms with Gasteiger partial charge in [-0.1, -0.05) is 37.3 Å². The van der Waals surface area contributed by atoms with Crippen molar-refractivity contribution < 1.29 is 4.74 Å². The topological polar surface area (TPSA) is 54.1 Å². The van der Waals surface area contributed by atoms with E-state index in [1.54, 1.807) is 0 Å². The van der Waals surface area contributed by atoms with Gasteiger partial charge in [-0.25, -0.2) is 0 Å². The molecule has 1 aromatic carbocycles. The van der Waals surface area contributed by atoms with Crippen molar-refractivity contribution in [2.75, 3.05) is 39.3 Å². The molecule has 0 aliphatic carbocycles. The van der Waals surface area contributed by atoms with Gasteiger partial charge >= 0.3 is 0 Å². The van der Waals surface area contributed by atoms with Crippen LogP contribution < -0.4 is 5.73 Å². The Morgan fingerprint density at radius 1 is 1.07 bits per heavy atom. The van der Waals surface area contributed by atoms with E-state index < -0.39 is 0 Å². The van der Waals surface area contributed by atoms with E-state index in [2.05, 4.69) is 52.0 Å². The molecule has 5 nitrogen and oxygen atoms in total. The van der Waals surface area contributed by atoms with E-state index in [1.807, 2.05) is 0 Å². The number of benzene rings is 1. The van der Waals surface area contributed by atoms with Crippen LogP contribution in [-0.2, 0) is 11.3 Å². The Morgan fingerprint density at radius 2 is 1.78 bits per heavy atom. The molecule has 0 saturated carbocycles. The Morgan fingerprint density at radius 3 is 2.48 bits per heavy atom. The lowest BCUT2D eigenvalue weighted by Gasteiger charge is -2.32. The molecule has 2 saturated heterocycles. The molecular formula is C22H36N4O. The molecule has 2 heterocycles. The molecule has 0 atom stereocenters. The lowest BCUT2D eigenvalue weighted by atomic mass is 10.00. The first-order valence-corrected chi connectivity index (χ1v) is 10.6. The quantitative estimate of drug-likeness (QED) is 0.454. The van der Waals surface area contributed by atoms with Gasteiger partial charge in [0.1, 0.15) is 0 Å². The average Bonchev–Trinajstić information content (AvgIpc) is 2.70. The standard InChI is InChI=1S/C22H36N4O/c1-19-8-15-26(16-9-19)22(23)24-12-5-17-27-21-10-13-25(14-11-21)18-20-6-3-2-4-7-20/h2-4,6-7,19,21H,5,8-18H2,1H3,(H2,23,24). The summed E-state index contributed by atoms with van der Waals surface area (Å²) in [5.41, 5.74) is 7.53. The van der Waals surface area contributed by atoms with E-state index >= 15 is 0 Å². The van der Waals surface area contributed by atoms with Gasteiger partial charge in [0.15, 0.2) is 5.96 Å². The molecule has 0 unspecified atom stereocenters. The van der Waals surface area contributed by atoms with Crippen molar-refractivity contribution >= 4 is 5.96 Å². The summed E-state index contributed by atoms with van der Waals surface area (Å²) in [6.07, 6.45) is 6.07. The zero-order chi connectivity index (χ0) is 18.9. The first-order chi connectivity index (χ1) is 13.2. The molecule has 0 amide bonds. The minimum Gasteiger partial charge on any atom is -0.378 e. The Hall–Kier alpha value is -1.59. The molecule has 2 N–H and O–H groups in total. The zero-order valence-corrected chi connectivity index (χ0v) is 16.9. The van der Waals surface area contributed by atoms with Crippen molar-refractivity contribution in [2.24, 2.45) is 16.6 Å². The molecule has 1 aromatic rings. The number of ether oxygens (including phenoxy) is 1. The summed E-state index contributed by atoms with van der Waals surface area (Å²) in [4.78, 5) is 9.30. The van der Waals surface area contributed by atoms with Crippen molar-refractivity contribution in [1.82, 2.24) is 9.80 Å². The van der Waals surface area contributed by atoms with Gasteiger partial charge in [0.2, 0.25) is 0 Å². The highest BCUT2D eigenvalue weighted by Crippen LogP contribution is 2.17. The van der Waals surface area contributed by atoms with E-state index in [1.165, 1.54) is 18.4 Å². The maximum absolute atomic E-state index is 6.13. The highest BCUT2D eigenvalue weighted by atomic mass is 16.5. The highest BCUT2D eigenvalue weighted by molar-refractivity contribution is 5.78. The van der Waals surface area contributed by atoms with E-state index in [9.17, 15) is 0 Å². The van der Waals surface area contributed by atoms with Crippen LogP contribution >= 0.6 is 0 Å². The summed E-state index contributed by atoms with van der Waals surface area (Å²) >= 11 is 0. The van der Waals surface area contributed by atoms with Crippen LogP contribution in [0, 0.1) is 5.92 Å². The molecule has 2 aliphatic heterocycles. The van der Waals surface area contributed by atoms with Crippen LogP contribution in [0.3, 0.4) is 0 Å². The molecule has 5 heteroatoms. The normalized spacial score (nSPS) is 20.9. The van der Waals surface area contributed by atoms with Crippen LogP contribution in [0.4, 0.5) is 0 Å². The Labute approximate surface area is 164 Å². The Bertz CT molecular complexity index is 561. The molecule has 0 aromatic heterocycles. The van der Waals surface area contributed by atoms with E-state index in [-0.39, 0.29) is 0 Å². The number of nitrogens with zero attached hydrogens (tertiary/aromatic N) is 3. The molecule has 27 heavy (non-hydrogen) atoms. The van der Waals surface area contributed by atoms with E-state index in [0.29, 0.717) is 6.10 Å². The number of piperidine rings is 2.